The molecule has 2 aliphatic rings. The number of carbonyl (C=O) groups is 1. The van der Waals surface area contributed by atoms with E-state index in [1.807, 2.05) is 35.2 Å². The minimum Gasteiger partial charge on any atom is -0.311 e. The molecule has 0 aromatic heterocycles. The molecule has 0 spiro atoms. The Labute approximate surface area is 160 Å². The van der Waals surface area contributed by atoms with Gasteiger partial charge in [-0.25, -0.2) is 0 Å². The van der Waals surface area contributed by atoms with E-state index in [4.69, 9.17) is 23.2 Å². The highest BCUT2D eigenvalue weighted by Crippen LogP contribution is 2.41. The maximum absolute atomic E-state index is 13.1. The Morgan fingerprint density at radius 1 is 1.16 bits per heavy atom. The van der Waals surface area contributed by atoms with Gasteiger partial charge in [0.1, 0.15) is 0 Å². The predicted molar refractivity (Wildman–Crippen MR) is 105 cm³/mol. The van der Waals surface area contributed by atoms with Crippen molar-refractivity contribution >= 4 is 34.8 Å². The second-order valence-electron chi connectivity index (χ2n) is 7.40. The van der Waals surface area contributed by atoms with Crippen molar-refractivity contribution < 1.29 is 4.79 Å². The van der Waals surface area contributed by atoms with Crippen LogP contribution in [0.4, 0.5) is 5.69 Å². The van der Waals surface area contributed by atoms with Crippen molar-refractivity contribution in [1.29, 1.82) is 0 Å². The Hall–Kier alpha value is -0.810. The number of rotatable bonds is 7. The van der Waals surface area contributed by atoms with Crippen LogP contribution in [-0.2, 0) is 4.79 Å². The van der Waals surface area contributed by atoms with Gasteiger partial charge >= 0.3 is 0 Å². The van der Waals surface area contributed by atoms with Gasteiger partial charge in [0.15, 0.2) is 0 Å². The van der Waals surface area contributed by atoms with Crippen LogP contribution in [0.3, 0.4) is 0 Å². The summed E-state index contributed by atoms with van der Waals surface area (Å²) in [5.74, 6) is 0.0834. The third-order valence-corrected chi connectivity index (χ3v) is 5.91. The van der Waals surface area contributed by atoms with Gasteiger partial charge in [-0.15, -0.1) is 23.2 Å². The number of nitrogens with zero attached hydrogens (tertiary/aromatic N) is 2. The lowest BCUT2D eigenvalue weighted by atomic mass is 10.1. The molecule has 6 heteroatoms. The zero-order valence-corrected chi connectivity index (χ0v) is 16.4. The molecule has 2 aliphatic carbocycles. The van der Waals surface area contributed by atoms with Crippen molar-refractivity contribution in [2.45, 2.75) is 42.1 Å². The zero-order chi connectivity index (χ0) is 18.0. The molecule has 2 fully saturated rings. The number of alkyl halides is 2. The zero-order valence-electron chi connectivity index (χ0n) is 14.9. The Kier molecular flexibility index (Phi) is 6.26. The third-order valence-electron chi connectivity index (χ3n) is 5.07. The van der Waals surface area contributed by atoms with E-state index in [-0.39, 0.29) is 34.7 Å². The van der Waals surface area contributed by atoms with Crippen LogP contribution in [-0.4, -0.2) is 60.8 Å². The SMILES string of the molecule is CN(C)CCNC1CC(Cl)CC1N(C(=O)C1CC1Cl)c1ccccc1. The number of likely N-dealkylation sites (N-methyl/N-ethyl adjacent to an activating group) is 1. The number of benzene rings is 1. The van der Waals surface area contributed by atoms with Gasteiger partial charge in [0, 0.05) is 35.6 Å². The first-order valence-corrected chi connectivity index (χ1v) is 9.89. The minimum atomic E-state index is -0.0568. The second kappa shape index (κ2) is 8.26. The van der Waals surface area contributed by atoms with Gasteiger partial charge in [0.05, 0.1) is 12.0 Å². The number of para-hydroxylation sites is 1. The summed E-state index contributed by atoms with van der Waals surface area (Å²) >= 11 is 12.7. The smallest absolute Gasteiger partial charge is 0.231 e. The van der Waals surface area contributed by atoms with Crippen LogP contribution in [0.1, 0.15) is 19.3 Å². The monoisotopic (exact) mass is 383 g/mol. The van der Waals surface area contributed by atoms with Gasteiger partial charge in [0.2, 0.25) is 5.91 Å². The normalized spacial score (nSPS) is 31.3. The van der Waals surface area contributed by atoms with Crippen molar-refractivity contribution in [2.24, 2.45) is 5.92 Å². The van der Waals surface area contributed by atoms with Gasteiger partial charge in [-0.05, 0) is 45.5 Å². The highest BCUT2D eigenvalue weighted by Gasteiger charge is 2.48. The van der Waals surface area contributed by atoms with E-state index in [0.29, 0.717) is 0 Å². The topological polar surface area (TPSA) is 35.6 Å². The molecule has 0 saturated heterocycles. The Balaban J connectivity index is 1.79. The summed E-state index contributed by atoms with van der Waals surface area (Å²) in [4.78, 5) is 17.2. The van der Waals surface area contributed by atoms with Gasteiger partial charge in [-0.2, -0.15) is 0 Å². The Morgan fingerprint density at radius 3 is 2.44 bits per heavy atom. The number of halogens is 2. The summed E-state index contributed by atoms with van der Waals surface area (Å²) in [5.41, 5.74) is 0.943. The third kappa shape index (κ3) is 4.68. The van der Waals surface area contributed by atoms with E-state index in [9.17, 15) is 4.79 Å². The maximum Gasteiger partial charge on any atom is 0.231 e. The van der Waals surface area contributed by atoms with Crippen LogP contribution in [0, 0.1) is 5.92 Å². The van der Waals surface area contributed by atoms with Crippen LogP contribution in [0.15, 0.2) is 30.3 Å². The Morgan fingerprint density at radius 2 is 1.84 bits per heavy atom. The van der Waals surface area contributed by atoms with E-state index >= 15 is 0 Å². The van der Waals surface area contributed by atoms with E-state index in [0.717, 1.165) is 38.0 Å². The van der Waals surface area contributed by atoms with E-state index in [1.54, 1.807) is 0 Å². The molecule has 4 nitrogen and oxygen atoms in total. The molecule has 5 atom stereocenters. The van der Waals surface area contributed by atoms with E-state index < -0.39 is 0 Å². The molecule has 1 aromatic rings. The molecular weight excluding hydrogens is 357 g/mol. The fraction of sp³-hybridized carbons (Fsp3) is 0.632. The number of anilines is 1. The molecule has 0 aliphatic heterocycles. The van der Waals surface area contributed by atoms with Gasteiger partial charge in [-0.3, -0.25) is 4.79 Å². The van der Waals surface area contributed by atoms with Crippen molar-refractivity contribution in [3.8, 4) is 0 Å². The molecule has 2 saturated carbocycles. The molecule has 138 valence electrons. The molecule has 1 amide bonds. The summed E-state index contributed by atoms with van der Waals surface area (Å²) < 4.78 is 0. The van der Waals surface area contributed by atoms with Crippen LogP contribution >= 0.6 is 23.2 Å². The highest BCUT2D eigenvalue weighted by atomic mass is 35.5. The van der Waals surface area contributed by atoms with Crippen LogP contribution in [0.25, 0.3) is 0 Å². The molecule has 0 bridgehead atoms. The van der Waals surface area contributed by atoms with Crippen LogP contribution < -0.4 is 10.2 Å². The standard InChI is InChI=1S/C19H27Cl2N3O/c1-23(2)9-8-22-17-10-13(20)11-18(17)24(14-6-4-3-5-7-14)19(25)15-12-16(15)21/h3-7,13,15-18,22H,8-12H2,1-2H3. The van der Waals surface area contributed by atoms with E-state index in [1.165, 1.54) is 0 Å². The van der Waals surface area contributed by atoms with Crippen molar-refractivity contribution in [3.05, 3.63) is 30.3 Å². The number of carbonyl (C=O) groups excluding carboxylic acids is 1. The number of nitrogens with one attached hydrogen (secondary N) is 1. The lowest BCUT2D eigenvalue weighted by Gasteiger charge is -2.34. The van der Waals surface area contributed by atoms with Gasteiger partial charge in [-0.1, -0.05) is 18.2 Å². The predicted octanol–water partition coefficient (Wildman–Crippen LogP) is 2.94. The summed E-state index contributed by atoms with van der Waals surface area (Å²) in [5, 5.41) is 3.68. The van der Waals surface area contributed by atoms with Crippen molar-refractivity contribution in [2.75, 3.05) is 32.1 Å². The lowest BCUT2D eigenvalue weighted by molar-refractivity contribution is -0.120. The summed E-state index contributed by atoms with van der Waals surface area (Å²) in [6.07, 6.45) is 2.46. The number of hydrogen-bond acceptors (Lipinski definition) is 3. The minimum absolute atomic E-state index is 0.0212. The van der Waals surface area contributed by atoms with E-state index in [2.05, 4.69) is 24.3 Å². The number of amides is 1. The van der Waals surface area contributed by atoms with Crippen LogP contribution in [0.5, 0.6) is 0 Å². The first-order valence-electron chi connectivity index (χ1n) is 9.01. The highest BCUT2D eigenvalue weighted by molar-refractivity contribution is 6.25. The number of hydrogen-bond donors (Lipinski definition) is 1. The Bertz CT molecular complexity index is 583. The molecule has 0 heterocycles. The van der Waals surface area contributed by atoms with Crippen molar-refractivity contribution in [3.63, 3.8) is 0 Å². The largest absolute Gasteiger partial charge is 0.311 e. The molecule has 3 rings (SSSR count). The maximum atomic E-state index is 13.1. The fourth-order valence-corrected chi connectivity index (χ4v) is 4.28. The average Bonchev–Trinajstić information content (AvgIpc) is 3.20. The summed E-state index contributed by atoms with van der Waals surface area (Å²) in [6, 6.07) is 10.2. The molecule has 1 aromatic carbocycles. The molecular formula is C19H27Cl2N3O. The van der Waals surface area contributed by atoms with Crippen LogP contribution in [0.2, 0.25) is 0 Å². The summed E-state index contributed by atoms with van der Waals surface area (Å²) in [6.45, 7) is 1.85. The molecule has 0 radical (unpaired) electrons. The van der Waals surface area contributed by atoms with Gasteiger partial charge < -0.3 is 15.1 Å². The average molecular weight is 384 g/mol. The molecule has 1 N–H and O–H groups in total. The molecule has 25 heavy (non-hydrogen) atoms. The quantitative estimate of drug-likeness (QED) is 0.735. The summed E-state index contributed by atoms with van der Waals surface area (Å²) in [7, 11) is 4.12. The lowest BCUT2D eigenvalue weighted by Crippen LogP contribution is -2.51. The van der Waals surface area contributed by atoms with Gasteiger partial charge in [0.25, 0.3) is 0 Å². The fourth-order valence-electron chi connectivity index (χ4n) is 3.60. The van der Waals surface area contributed by atoms with Crippen molar-refractivity contribution in [1.82, 2.24) is 10.2 Å². The first-order chi connectivity index (χ1) is 12.0. The molecule has 5 unspecified atom stereocenters. The second-order valence-corrected chi connectivity index (χ2v) is 8.58. The first kappa shape index (κ1) is 19.0.